The van der Waals surface area contributed by atoms with Crippen LogP contribution < -0.4 is 10.6 Å². The summed E-state index contributed by atoms with van der Waals surface area (Å²) in [4.78, 5) is 9.30. The van der Waals surface area contributed by atoms with Crippen LogP contribution in [0.2, 0.25) is 10.0 Å². The summed E-state index contributed by atoms with van der Waals surface area (Å²) >= 11 is 13.0. The number of halogens is 5. The second kappa shape index (κ2) is 14.7. The van der Waals surface area contributed by atoms with Gasteiger partial charge in [-0.25, -0.2) is 4.98 Å². The maximum Gasteiger partial charge on any atom is 0.522 e. The lowest BCUT2D eigenvalue weighted by atomic mass is 9.83. The summed E-state index contributed by atoms with van der Waals surface area (Å²) in [7, 11) is 0. The highest BCUT2D eigenvalue weighted by molar-refractivity contribution is 6.36. The lowest BCUT2D eigenvalue weighted by molar-refractivity contribution is -0.323. The summed E-state index contributed by atoms with van der Waals surface area (Å²) in [5, 5.41) is 7.61. The van der Waals surface area contributed by atoms with E-state index in [0.717, 1.165) is 81.8 Å². The molecule has 1 saturated heterocycles. The van der Waals surface area contributed by atoms with Crippen molar-refractivity contribution in [2.75, 3.05) is 38.2 Å². The van der Waals surface area contributed by atoms with Crippen molar-refractivity contribution in [3.63, 3.8) is 0 Å². The van der Waals surface area contributed by atoms with E-state index in [4.69, 9.17) is 32.9 Å². The average Bonchev–Trinajstić information content (AvgIpc) is 2.88. The van der Waals surface area contributed by atoms with E-state index in [2.05, 4.69) is 20.4 Å². The maximum absolute atomic E-state index is 12.1. The number of hydrogen-bond acceptors (Lipinski definition) is 6. The fourth-order valence-electron chi connectivity index (χ4n) is 5.00. The van der Waals surface area contributed by atoms with Gasteiger partial charge in [0.15, 0.2) is 0 Å². The number of rotatable bonds is 10. The van der Waals surface area contributed by atoms with Crippen molar-refractivity contribution in [3.8, 4) is 11.3 Å². The molecule has 212 valence electrons. The molecule has 2 N–H and O–H groups in total. The number of anilines is 1. The Morgan fingerprint density at radius 2 is 1.74 bits per heavy atom. The molecule has 2 fully saturated rings. The summed E-state index contributed by atoms with van der Waals surface area (Å²) in [6.45, 7) is 2.25. The molecule has 0 aromatic carbocycles. The average molecular weight is 578 g/mol. The van der Waals surface area contributed by atoms with Crippen LogP contribution in [0.5, 0.6) is 0 Å². The summed E-state index contributed by atoms with van der Waals surface area (Å²) in [6.07, 6.45) is 3.72. The summed E-state index contributed by atoms with van der Waals surface area (Å²) in [5.41, 5.74) is 2.31. The zero-order valence-corrected chi connectivity index (χ0v) is 22.1. The van der Waals surface area contributed by atoms with Crippen molar-refractivity contribution >= 4 is 29.0 Å². The van der Waals surface area contributed by atoms with Gasteiger partial charge in [0.1, 0.15) is 5.82 Å². The van der Waals surface area contributed by atoms with Gasteiger partial charge in [-0.05, 0) is 75.0 Å². The first-order valence-corrected chi connectivity index (χ1v) is 13.6. The SMILES string of the molecule is C.FC(F)(F)OCCNC1CCC(Cc2cc(-c3nc(NCC4CCOCC4)ccc3Cl)c(Cl)cn2)CC1. The predicted molar refractivity (Wildman–Crippen MR) is 146 cm³/mol. The molecule has 2 aliphatic rings. The summed E-state index contributed by atoms with van der Waals surface area (Å²) in [6, 6.07) is 5.89. The van der Waals surface area contributed by atoms with Crippen LogP contribution in [0.25, 0.3) is 11.3 Å². The van der Waals surface area contributed by atoms with E-state index in [-0.39, 0.29) is 26.6 Å². The Bertz CT molecular complexity index is 1010. The molecule has 1 aliphatic carbocycles. The first-order chi connectivity index (χ1) is 17.8. The second-order valence-electron chi connectivity index (χ2n) is 9.79. The highest BCUT2D eigenvalue weighted by atomic mass is 35.5. The van der Waals surface area contributed by atoms with Crippen LogP contribution in [-0.4, -0.2) is 55.3 Å². The molecule has 0 unspecified atom stereocenters. The Labute approximate surface area is 233 Å². The van der Waals surface area contributed by atoms with Gasteiger partial charge < -0.3 is 15.4 Å². The van der Waals surface area contributed by atoms with E-state index < -0.39 is 6.36 Å². The standard InChI is InChI=1S/C26H33Cl2F3N4O2.CH4/c27-22-5-6-24(34-15-18-7-10-36-11-8-18)35-25(22)21-14-20(33-16-23(21)28)13-17-1-3-19(4-2-17)32-9-12-37-26(29,30)31;/h5-6,14,16-19,32H,1-4,7-13,15H2,(H,34,35);1H4. The third-order valence-corrected chi connectivity index (χ3v) is 7.68. The Morgan fingerprint density at radius 3 is 2.45 bits per heavy atom. The molecule has 1 saturated carbocycles. The van der Waals surface area contributed by atoms with Crippen molar-refractivity contribution in [2.45, 2.75) is 64.8 Å². The quantitative estimate of drug-likeness (QED) is 0.293. The summed E-state index contributed by atoms with van der Waals surface area (Å²) in [5.74, 6) is 1.76. The minimum Gasteiger partial charge on any atom is -0.381 e. The van der Waals surface area contributed by atoms with Crippen molar-refractivity contribution in [2.24, 2.45) is 11.8 Å². The number of alkyl halides is 3. The Balaban J connectivity index is 0.00000400. The number of nitrogens with one attached hydrogen (secondary N) is 2. The van der Waals surface area contributed by atoms with Gasteiger partial charge in [0.2, 0.25) is 0 Å². The van der Waals surface area contributed by atoms with Crippen LogP contribution in [-0.2, 0) is 15.9 Å². The van der Waals surface area contributed by atoms with E-state index in [1.807, 2.05) is 18.2 Å². The molecule has 11 heteroatoms. The first kappa shape index (κ1) is 30.9. The molecule has 2 aromatic heterocycles. The molecule has 4 rings (SSSR count). The van der Waals surface area contributed by atoms with Crippen LogP contribution in [0.4, 0.5) is 19.0 Å². The van der Waals surface area contributed by atoms with E-state index in [0.29, 0.717) is 27.6 Å². The van der Waals surface area contributed by atoms with Gasteiger partial charge in [0.25, 0.3) is 0 Å². The van der Waals surface area contributed by atoms with Crippen LogP contribution >= 0.6 is 23.2 Å². The number of aromatic nitrogens is 2. The van der Waals surface area contributed by atoms with E-state index in [1.54, 1.807) is 6.20 Å². The molecular weight excluding hydrogens is 540 g/mol. The largest absolute Gasteiger partial charge is 0.522 e. The Kier molecular flexibility index (Phi) is 11.9. The van der Waals surface area contributed by atoms with Gasteiger partial charge in [-0.15, -0.1) is 13.2 Å². The lowest BCUT2D eigenvalue weighted by Crippen LogP contribution is -2.36. The molecule has 0 atom stereocenters. The van der Waals surface area contributed by atoms with Crippen LogP contribution in [0, 0.1) is 11.8 Å². The molecule has 3 heterocycles. The minimum atomic E-state index is -4.58. The Hall–Kier alpha value is -1.65. The minimum absolute atomic E-state index is 0. The maximum atomic E-state index is 12.1. The smallest absolute Gasteiger partial charge is 0.381 e. The third kappa shape index (κ3) is 9.52. The summed E-state index contributed by atoms with van der Waals surface area (Å²) < 4.78 is 45.6. The number of ether oxygens (including phenoxy) is 2. The molecular formula is C27H37Cl2F3N4O2. The number of hydrogen-bond donors (Lipinski definition) is 2. The molecule has 0 radical (unpaired) electrons. The van der Waals surface area contributed by atoms with Gasteiger partial charge in [0, 0.05) is 49.8 Å². The molecule has 38 heavy (non-hydrogen) atoms. The van der Waals surface area contributed by atoms with Gasteiger partial charge >= 0.3 is 6.36 Å². The molecule has 6 nitrogen and oxygen atoms in total. The topological polar surface area (TPSA) is 68.3 Å². The lowest BCUT2D eigenvalue weighted by Gasteiger charge is -2.29. The second-order valence-corrected chi connectivity index (χ2v) is 10.6. The Morgan fingerprint density at radius 1 is 1.00 bits per heavy atom. The third-order valence-electron chi connectivity index (χ3n) is 7.07. The fourth-order valence-corrected chi connectivity index (χ4v) is 5.40. The predicted octanol–water partition coefficient (Wildman–Crippen LogP) is 7.15. The van der Waals surface area contributed by atoms with Crippen molar-refractivity contribution in [1.29, 1.82) is 0 Å². The molecule has 0 amide bonds. The van der Waals surface area contributed by atoms with Gasteiger partial charge in [0.05, 0.1) is 22.3 Å². The zero-order chi connectivity index (χ0) is 26.3. The first-order valence-electron chi connectivity index (χ1n) is 12.8. The van der Waals surface area contributed by atoms with Crippen molar-refractivity contribution in [3.05, 3.63) is 40.1 Å². The number of nitrogens with zero attached hydrogens (tertiary/aromatic N) is 2. The van der Waals surface area contributed by atoms with Crippen molar-refractivity contribution in [1.82, 2.24) is 15.3 Å². The van der Waals surface area contributed by atoms with E-state index in [9.17, 15) is 13.2 Å². The molecule has 0 bridgehead atoms. The van der Waals surface area contributed by atoms with Gasteiger partial charge in [-0.3, -0.25) is 9.72 Å². The molecule has 2 aromatic rings. The zero-order valence-electron chi connectivity index (χ0n) is 20.6. The monoisotopic (exact) mass is 576 g/mol. The number of pyridine rings is 2. The van der Waals surface area contributed by atoms with Crippen LogP contribution in [0.15, 0.2) is 24.4 Å². The van der Waals surface area contributed by atoms with Crippen molar-refractivity contribution < 1.29 is 22.6 Å². The molecule has 0 spiro atoms. The van der Waals surface area contributed by atoms with Gasteiger partial charge in [-0.2, -0.15) is 0 Å². The van der Waals surface area contributed by atoms with E-state index >= 15 is 0 Å². The molecule has 1 aliphatic heterocycles. The van der Waals surface area contributed by atoms with E-state index in [1.165, 1.54) is 0 Å². The highest BCUT2D eigenvalue weighted by Crippen LogP contribution is 2.34. The van der Waals surface area contributed by atoms with Gasteiger partial charge in [-0.1, -0.05) is 30.6 Å². The normalized spacial score (nSPS) is 20.7. The van der Waals surface area contributed by atoms with Crippen LogP contribution in [0.1, 0.15) is 51.6 Å². The van der Waals surface area contributed by atoms with Crippen LogP contribution in [0.3, 0.4) is 0 Å². The highest BCUT2D eigenvalue weighted by Gasteiger charge is 2.29. The fraction of sp³-hybridized carbons (Fsp3) is 0.630.